The Labute approximate surface area is 172 Å². The highest BCUT2D eigenvalue weighted by atomic mass is 35.5. The molecule has 1 aromatic rings. The van der Waals surface area contributed by atoms with Crippen molar-refractivity contribution in [1.29, 1.82) is 0 Å². The topological polar surface area (TPSA) is 52.7 Å². The van der Waals surface area contributed by atoms with E-state index < -0.39 is 0 Å². The standard InChI is InChI=1S/C22H30ClN3O2/c1-3-25-14-18-21(8-9-22(18,15-25)20(28)24-2)10-12-26(13-11-21)19(27)16-4-6-17(23)7-5-16/h4-7,18H,3,8-15H2,1-2H3,(H,24,28)/t18-,22+/m0/s1. The molecule has 2 heterocycles. The van der Waals surface area contributed by atoms with Crippen LogP contribution < -0.4 is 5.32 Å². The lowest BCUT2D eigenvalue weighted by atomic mass is 9.65. The van der Waals surface area contributed by atoms with E-state index in [0.29, 0.717) is 16.5 Å². The van der Waals surface area contributed by atoms with Crippen molar-refractivity contribution in [3.05, 3.63) is 34.9 Å². The summed E-state index contributed by atoms with van der Waals surface area (Å²) < 4.78 is 0. The van der Waals surface area contributed by atoms with Crippen molar-refractivity contribution < 1.29 is 9.59 Å². The normalized spacial score (nSPS) is 29.1. The fourth-order valence-electron chi connectivity index (χ4n) is 6.05. The molecule has 0 unspecified atom stereocenters. The van der Waals surface area contributed by atoms with Gasteiger partial charge in [0.25, 0.3) is 5.91 Å². The summed E-state index contributed by atoms with van der Waals surface area (Å²) in [5.74, 6) is 0.696. The largest absolute Gasteiger partial charge is 0.359 e. The lowest BCUT2D eigenvalue weighted by Gasteiger charge is -2.44. The smallest absolute Gasteiger partial charge is 0.253 e. The van der Waals surface area contributed by atoms with E-state index in [9.17, 15) is 9.59 Å². The number of amides is 2. The van der Waals surface area contributed by atoms with E-state index in [0.717, 1.165) is 58.4 Å². The Morgan fingerprint density at radius 2 is 1.82 bits per heavy atom. The van der Waals surface area contributed by atoms with Gasteiger partial charge in [-0.15, -0.1) is 0 Å². The van der Waals surface area contributed by atoms with Crippen LogP contribution in [0.3, 0.4) is 0 Å². The third-order valence-corrected chi connectivity index (χ3v) is 7.94. The summed E-state index contributed by atoms with van der Waals surface area (Å²) in [5.41, 5.74) is 0.643. The van der Waals surface area contributed by atoms with Crippen molar-refractivity contribution in [2.24, 2.45) is 16.7 Å². The molecule has 0 bridgehead atoms. The summed E-state index contributed by atoms with van der Waals surface area (Å²) in [6.45, 7) is 6.60. The van der Waals surface area contributed by atoms with Crippen LogP contribution in [0.1, 0.15) is 43.0 Å². The van der Waals surface area contributed by atoms with E-state index in [1.54, 1.807) is 31.3 Å². The number of nitrogens with zero attached hydrogens (tertiary/aromatic N) is 2. The fraction of sp³-hybridized carbons (Fsp3) is 0.636. The number of carbonyl (C=O) groups excluding carboxylic acids is 2. The summed E-state index contributed by atoms with van der Waals surface area (Å²) in [7, 11) is 1.77. The molecule has 2 amide bonds. The first-order valence-electron chi connectivity index (χ1n) is 10.4. The molecule has 2 aliphatic heterocycles. The second kappa shape index (κ2) is 7.34. The number of piperidine rings is 1. The van der Waals surface area contributed by atoms with Crippen LogP contribution in [0.2, 0.25) is 5.02 Å². The van der Waals surface area contributed by atoms with Crippen LogP contribution in [0.4, 0.5) is 0 Å². The summed E-state index contributed by atoms with van der Waals surface area (Å²) in [4.78, 5) is 30.2. The lowest BCUT2D eigenvalue weighted by molar-refractivity contribution is -0.132. The zero-order chi connectivity index (χ0) is 19.9. The fourth-order valence-corrected chi connectivity index (χ4v) is 6.17. The average Bonchev–Trinajstić information content (AvgIpc) is 3.25. The average molecular weight is 404 g/mol. The molecule has 1 aromatic carbocycles. The van der Waals surface area contributed by atoms with Gasteiger partial charge in [-0.1, -0.05) is 18.5 Å². The maximum Gasteiger partial charge on any atom is 0.253 e. The van der Waals surface area contributed by atoms with Gasteiger partial charge in [0.05, 0.1) is 5.41 Å². The monoisotopic (exact) mass is 403 g/mol. The van der Waals surface area contributed by atoms with Crippen molar-refractivity contribution in [3.63, 3.8) is 0 Å². The number of halogens is 1. The van der Waals surface area contributed by atoms with Gasteiger partial charge in [-0.05, 0) is 67.8 Å². The van der Waals surface area contributed by atoms with Crippen molar-refractivity contribution in [2.75, 3.05) is 39.8 Å². The van der Waals surface area contributed by atoms with Crippen LogP contribution in [-0.2, 0) is 4.79 Å². The van der Waals surface area contributed by atoms with Crippen LogP contribution in [0.25, 0.3) is 0 Å². The minimum Gasteiger partial charge on any atom is -0.359 e. The van der Waals surface area contributed by atoms with E-state index >= 15 is 0 Å². The molecule has 2 saturated heterocycles. The van der Waals surface area contributed by atoms with Crippen molar-refractivity contribution in [1.82, 2.24) is 15.1 Å². The second-order valence-corrected chi connectivity index (χ2v) is 9.21. The summed E-state index contributed by atoms with van der Waals surface area (Å²) in [6.07, 6.45) is 4.06. The first kappa shape index (κ1) is 19.7. The van der Waals surface area contributed by atoms with Crippen LogP contribution in [0, 0.1) is 16.7 Å². The van der Waals surface area contributed by atoms with Gasteiger partial charge in [0.15, 0.2) is 0 Å². The Hall–Kier alpha value is -1.59. The molecular weight excluding hydrogens is 374 g/mol. The molecule has 0 radical (unpaired) electrons. The number of fused-ring (bicyclic) bond motifs is 2. The van der Waals surface area contributed by atoms with Gasteiger partial charge in [-0.2, -0.15) is 0 Å². The highest BCUT2D eigenvalue weighted by Crippen LogP contribution is 2.62. The Balaban J connectivity index is 1.50. The molecule has 2 atom stereocenters. The molecule has 1 N–H and O–H groups in total. The van der Waals surface area contributed by atoms with E-state index in [1.165, 1.54) is 0 Å². The zero-order valence-corrected chi connectivity index (χ0v) is 17.6. The maximum atomic E-state index is 12.9. The van der Waals surface area contributed by atoms with Gasteiger partial charge in [-0.3, -0.25) is 9.59 Å². The molecule has 1 spiro atoms. The molecule has 5 nitrogen and oxygen atoms in total. The molecule has 4 rings (SSSR count). The third-order valence-electron chi connectivity index (χ3n) is 7.69. The van der Waals surface area contributed by atoms with E-state index in [1.807, 2.05) is 4.90 Å². The maximum absolute atomic E-state index is 12.9. The minimum absolute atomic E-state index is 0.0867. The predicted molar refractivity (Wildman–Crippen MR) is 110 cm³/mol. The Morgan fingerprint density at radius 1 is 1.14 bits per heavy atom. The molecule has 28 heavy (non-hydrogen) atoms. The van der Waals surface area contributed by atoms with Gasteiger partial charge in [0.1, 0.15) is 0 Å². The Bertz CT molecular complexity index is 758. The number of hydrogen-bond acceptors (Lipinski definition) is 3. The molecule has 152 valence electrons. The molecule has 1 aliphatic carbocycles. The van der Waals surface area contributed by atoms with E-state index in [2.05, 4.69) is 17.1 Å². The van der Waals surface area contributed by atoms with Gasteiger partial charge < -0.3 is 15.1 Å². The van der Waals surface area contributed by atoms with Crippen LogP contribution >= 0.6 is 11.6 Å². The highest BCUT2D eigenvalue weighted by Gasteiger charge is 2.63. The molecule has 6 heteroatoms. The van der Waals surface area contributed by atoms with Gasteiger partial charge >= 0.3 is 0 Å². The van der Waals surface area contributed by atoms with Crippen molar-refractivity contribution in [3.8, 4) is 0 Å². The Kier molecular flexibility index (Phi) is 5.17. The number of hydrogen-bond donors (Lipinski definition) is 1. The minimum atomic E-state index is -0.243. The molecule has 0 aromatic heterocycles. The van der Waals surface area contributed by atoms with Gasteiger partial charge in [-0.25, -0.2) is 0 Å². The van der Waals surface area contributed by atoms with Gasteiger partial charge in [0.2, 0.25) is 5.91 Å². The molecule has 1 saturated carbocycles. The SMILES string of the molecule is CCN1C[C@H]2C3(CCN(C(=O)c4ccc(Cl)cc4)CC3)CC[C@@]2(C(=O)NC)C1. The number of benzene rings is 1. The van der Waals surface area contributed by atoms with Gasteiger partial charge in [0, 0.05) is 43.8 Å². The Morgan fingerprint density at radius 3 is 2.43 bits per heavy atom. The van der Waals surface area contributed by atoms with Crippen LogP contribution in [-0.4, -0.2) is 61.4 Å². The summed E-state index contributed by atoms with van der Waals surface area (Å²) in [5, 5.41) is 3.59. The van der Waals surface area contributed by atoms with E-state index in [-0.39, 0.29) is 22.6 Å². The summed E-state index contributed by atoms with van der Waals surface area (Å²) >= 11 is 5.95. The number of carbonyl (C=O) groups is 2. The van der Waals surface area contributed by atoms with Crippen LogP contribution in [0.5, 0.6) is 0 Å². The summed E-state index contributed by atoms with van der Waals surface area (Å²) in [6, 6.07) is 7.15. The quantitative estimate of drug-likeness (QED) is 0.843. The molecule has 3 fully saturated rings. The predicted octanol–water partition coefficient (Wildman–Crippen LogP) is 3.04. The first-order valence-corrected chi connectivity index (χ1v) is 10.8. The van der Waals surface area contributed by atoms with Crippen LogP contribution in [0.15, 0.2) is 24.3 Å². The highest BCUT2D eigenvalue weighted by molar-refractivity contribution is 6.30. The zero-order valence-electron chi connectivity index (χ0n) is 16.8. The van der Waals surface area contributed by atoms with E-state index in [4.69, 9.17) is 11.6 Å². The third kappa shape index (κ3) is 3.03. The van der Waals surface area contributed by atoms with Crippen molar-refractivity contribution in [2.45, 2.75) is 32.6 Å². The lowest BCUT2D eigenvalue weighted by Crippen LogP contribution is -2.49. The number of rotatable bonds is 3. The first-order chi connectivity index (χ1) is 13.4. The molecule has 3 aliphatic rings. The second-order valence-electron chi connectivity index (χ2n) is 8.78. The number of nitrogens with one attached hydrogen (secondary N) is 1. The molecular formula is C22H30ClN3O2. The van der Waals surface area contributed by atoms with Crippen molar-refractivity contribution >= 4 is 23.4 Å². The number of likely N-dealkylation sites (tertiary alicyclic amines) is 2.